The van der Waals surface area contributed by atoms with Crippen molar-refractivity contribution in [2.45, 2.75) is 98.6 Å². The molecule has 2 aliphatic carbocycles. The molecule has 0 aromatic heterocycles. The molecule has 1 spiro atoms. The van der Waals surface area contributed by atoms with Gasteiger partial charge in [0, 0.05) is 17.5 Å². The number of hydrogen-bond acceptors (Lipinski definition) is 2. The van der Waals surface area contributed by atoms with Gasteiger partial charge in [0.25, 0.3) is 0 Å². The van der Waals surface area contributed by atoms with E-state index in [1.54, 1.807) is 32.9 Å². The zero-order chi connectivity index (χ0) is 49.7. The van der Waals surface area contributed by atoms with Crippen LogP contribution < -0.4 is 43.3 Å². The minimum atomic E-state index is -0.770. The summed E-state index contributed by atoms with van der Waals surface area (Å²) in [4.78, 5) is 0. The van der Waals surface area contributed by atoms with Gasteiger partial charge in [-0.3, -0.25) is 0 Å². The second kappa shape index (κ2) is 23.1. The molecule has 4 N–H and O–H groups in total. The molecule has 70 heavy (non-hydrogen) atoms. The van der Waals surface area contributed by atoms with Gasteiger partial charge in [0.2, 0.25) is 0 Å². The van der Waals surface area contributed by atoms with Crippen molar-refractivity contribution in [2.75, 3.05) is 0 Å². The van der Waals surface area contributed by atoms with Gasteiger partial charge < -0.3 is 11.5 Å². The summed E-state index contributed by atoms with van der Waals surface area (Å²) in [6.07, 6.45) is 4.67. The third kappa shape index (κ3) is 11.5. The zero-order valence-corrected chi connectivity index (χ0v) is 46.8. The number of fused-ring (bicyclic) bond motifs is 4. The first-order chi connectivity index (χ1) is 33.7. The van der Waals surface area contributed by atoms with Crippen molar-refractivity contribution in [2.24, 2.45) is 11.5 Å². The van der Waals surface area contributed by atoms with Crippen molar-refractivity contribution in [3.05, 3.63) is 248 Å². The minimum absolute atomic E-state index is 0.00843. The molecule has 0 heterocycles. The Labute approximate surface area is 436 Å². The summed E-state index contributed by atoms with van der Waals surface area (Å²) in [7, 11) is 8.17. The summed E-state index contributed by atoms with van der Waals surface area (Å²) in [5.41, 5.74) is 31.7. The van der Waals surface area contributed by atoms with E-state index in [1.807, 2.05) is 60.7 Å². The Morgan fingerprint density at radius 3 is 0.943 bits per heavy atom. The van der Waals surface area contributed by atoms with E-state index in [9.17, 15) is 0 Å². The summed E-state index contributed by atoms with van der Waals surface area (Å²) in [6.45, 7) is 18.1. The summed E-state index contributed by atoms with van der Waals surface area (Å²) < 4.78 is 0. The van der Waals surface area contributed by atoms with Crippen LogP contribution in [0.4, 0.5) is 0 Å². The number of rotatable bonds is 9. The number of benzene rings is 8. The van der Waals surface area contributed by atoms with Crippen LogP contribution in [0.25, 0.3) is 0 Å². The summed E-state index contributed by atoms with van der Waals surface area (Å²) in [5.74, 6) is 0. The van der Waals surface area contributed by atoms with Crippen molar-refractivity contribution in [3.8, 4) is 0 Å². The van der Waals surface area contributed by atoms with Crippen LogP contribution in [0, 0.1) is 55.4 Å². The normalized spacial score (nSPS) is 14.1. The zero-order valence-electron chi connectivity index (χ0n) is 41.8. The monoisotopic (exact) mass is 1080 g/mol. The van der Waals surface area contributed by atoms with E-state index >= 15 is 0 Å². The van der Waals surface area contributed by atoms with Crippen LogP contribution in [-0.2, 0) is 33.4 Å². The van der Waals surface area contributed by atoms with Crippen LogP contribution >= 0.6 is 35.2 Å². The Bertz CT molecular complexity index is 2710. The fourth-order valence-corrected chi connectivity index (χ4v) is 17.5. The number of aryl methyl sites for hydroxylation is 10. The van der Waals surface area contributed by atoms with Crippen LogP contribution in [-0.4, -0.2) is 0 Å². The van der Waals surface area contributed by atoms with E-state index in [0.717, 1.165) is 24.0 Å². The van der Waals surface area contributed by atoms with Gasteiger partial charge in [-0.25, -0.2) is 0 Å². The number of halogens is 2. The fraction of sp³-hybridized carbons (Fsp3) is 0.238. The predicted octanol–water partition coefficient (Wildman–Crippen LogP) is 13.6. The van der Waals surface area contributed by atoms with Crippen LogP contribution in [0.2, 0.25) is 0 Å². The molecule has 0 amide bonds. The van der Waals surface area contributed by atoms with Gasteiger partial charge in [0.1, 0.15) is 0 Å². The molecular weight excluding hydrogens is 1020 g/mol. The molecule has 2 aliphatic rings. The topological polar surface area (TPSA) is 52.0 Å². The van der Waals surface area contributed by atoms with Crippen molar-refractivity contribution >= 4 is 67.1 Å². The van der Waals surface area contributed by atoms with Crippen molar-refractivity contribution in [1.82, 2.24) is 0 Å². The van der Waals surface area contributed by atoms with Gasteiger partial charge in [-0.05, 0) is 162 Å². The fourth-order valence-electron chi connectivity index (χ4n) is 11.5. The van der Waals surface area contributed by atoms with Gasteiger partial charge in [0.15, 0.2) is 0 Å². The maximum absolute atomic E-state index is 6.15. The summed E-state index contributed by atoms with van der Waals surface area (Å²) in [6, 6.07) is 63.4. The predicted molar refractivity (Wildman–Crippen MR) is 304 cm³/mol. The van der Waals surface area contributed by atoms with Gasteiger partial charge in [-0.1, -0.05) is 214 Å². The van der Waals surface area contributed by atoms with Gasteiger partial charge in [-0.2, -0.15) is 0 Å². The average molecular weight is 1090 g/mol. The molecule has 0 aliphatic heterocycles. The van der Waals surface area contributed by atoms with E-state index in [2.05, 4.69) is 165 Å². The SMILES string of the molecule is Cc1cc(C)cc(P(c2cc(C)cc(C)c2)c2cccc3c2C2(CC3)CCc3cccc(P(c4cc(C)cc(C)c4)c4cc(C)cc(C)c4)c32)c1.N[C@H](c1ccccc1)[C@H](N)c1ccccc1.[Cl][Ru][Cl]. The van der Waals surface area contributed by atoms with Gasteiger partial charge in [0.05, 0.1) is 0 Å². The van der Waals surface area contributed by atoms with Crippen molar-refractivity contribution in [1.29, 1.82) is 0 Å². The third-order valence-corrected chi connectivity index (χ3v) is 18.8. The molecule has 0 saturated heterocycles. The molecular formula is C63H66Cl2N2P2Ru. The molecule has 7 heteroatoms. The van der Waals surface area contributed by atoms with E-state index in [4.69, 9.17) is 30.8 Å². The van der Waals surface area contributed by atoms with Gasteiger partial charge in [-0.15, -0.1) is 0 Å². The van der Waals surface area contributed by atoms with Gasteiger partial charge >= 0.3 is 34.5 Å². The molecule has 8 aromatic carbocycles. The number of nitrogens with two attached hydrogens (primary N) is 2. The Morgan fingerprint density at radius 2 is 0.671 bits per heavy atom. The molecule has 0 radical (unpaired) electrons. The van der Waals surface area contributed by atoms with Crippen molar-refractivity contribution < 1.29 is 15.1 Å². The van der Waals surface area contributed by atoms with E-state index in [0.29, 0.717) is 0 Å². The molecule has 10 rings (SSSR count). The van der Waals surface area contributed by atoms with Crippen LogP contribution in [0.15, 0.2) is 170 Å². The molecule has 2 nitrogen and oxygen atoms in total. The molecule has 360 valence electrons. The van der Waals surface area contributed by atoms with Crippen LogP contribution in [0.5, 0.6) is 0 Å². The first-order valence-corrected chi connectivity index (χ1v) is 31.5. The standard InChI is InChI=1S/C49H50P2.C14H16N2.2ClH.Ru/c1-31-19-32(2)24-41(23-31)50(42-25-33(3)20-34(4)26-42)45-13-9-11-39-15-17-49(47(39)45)18-16-40-12-10-14-46(48(40)49)51(43-27-35(5)21-36(6)28-43)44-29-37(7)22-38(8)30-44;15-13(11-7-3-1-4-8-11)14(16)12-9-5-2-6-10-12;;;/h9-14,19-30H,15-18H2,1-8H3;1-10,13-14H,15-16H2;2*1H;/q;;;;+2/p-2/t;13-,14-;;;/m.1.../s1. The Hall–Kier alpha value is -4.26. The Balaban J connectivity index is 0.000000291. The van der Waals surface area contributed by atoms with E-state index < -0.39 is 15.8 Å². The third-order valence-electron chi connectivity index (χ3n) is 14.0. The molecule has 0 fully saturated rings. The molecule has 0 unspecified atom stereocenters. The van der Waals surface area contributed by atoms with Crippen LogP contribution in [0.3, 0.4) is 0 Å². The molecule has 2 atom stereocenters. The van der Waals surface area contributed by atoms with E-state index in [-0.39, 0.29) is 32.6 Å². The Kier molecular flexibility index (Phi) is 17.2. The van der Waals surface area contributed by atoms with Crippen LogP contribution in [0.1, 0.15) is 103 Å². The first-order valence-electron chi connectivity index (χ1n) is 24.3. The number of hydrogen-bond donors (Lipinski definition) is 2. The van der Waals surface area contributed by atoms with E-state index in [1.165, 1.54) is 78.6 Å². The Morgan fingerprint density at radius 1 is 0.400 bits per heavy atom. The molecule has 0 saturated carbocycles. The molecule has 0 bridgehead atoms. The van der Waals surface area contributed by atoms with Crippen molar-refractivity contribution in [3.63, 3.8) is 0 Å². The second-order valence-corrected chi connectivity index (χ2v) is 26.7. The second-order valence-electron chi connectivity index (χ2n) is 19.7. The molecule has 8 aromatic rings. The average Bonchev–Trinajstić information content (AvgIpc) is 3.90. The summed E-state index contributed by atoms with van der Waals surface area (Å²) in [5, 5.41) is 9.04. The quantitative estimate of drug-likeness (QED) is 0.112. The first kappa shape index (κ1) is 52.1. The summed E-state index contributed by atoms with van der Waals surface area (Å²) >= 11 is -0.346. The maximum atomic E-state index is 6.15.